The number of nitrogens with zero attached hydrogens (tertiary/aromatic N) is 2. The molecule has 0 N–H and O–H groups in total. The summed E-state index contributed by atoms with van der Waals surface area (Å²) in [5, 5.41) is 3.93. The van der Waals surface area contributed by atoms with Crippen LogP contribution in [0.1, 0.15) is 49.4 Å². The normalized spacial score (nSPS) is 25.4. The van der Waals surface area contributed by atoms with E-state index in [1.165, 1.54) is 4.90 Å². The molecule has 6 heteroatoms. The Kier molecular flexibility index (Phi) is 4.04. The van der Waals surface area contributed by atoms with Crippen LogP contribution < -0.4 is 0 Å². The molecule has 3 rings (SSSR count). The minimum Gasteiger partial charge on any atom is -0.367 e. The maximum Gasteiger partial charge on any atom is 0.292 e. The fourth-order valence-corrected chi connectivity index (χ4v) is 3.22. The van der Waals surface area contributed by atoms with Gasteiger partial charge in [0.05, 0.1) is 12.2 Å². The van der Waals surface area contributed by atoms with Crippen molar-refractivity contribution in [1.29, 1.82) is 0 Å². The lowest BCUT2D eigenvalue weighted by atomic mass is 9.87. The van der Waals surface area contributed by atoms with Gasteiger partial charge < -0.3 is 14.2 Å². The van der Waals surface area contributed by atoms with Crippen LogP contribution in [0.25, 0.3) is 0 Å². The van der Waals surface area contributed by atoms with Gasteiger partial charge in [-0.15, -0.1) is 0 Å². The number of amides is 1. The summed E-state index contributed by atoms with van der Waals surface area (Å²) in [4.78, 5) is 26.3. The number of carbonyl (C=O) groups excluding carboxylic acids is 2. The molecule has 1 amide bonds. The van der Waals surface area contributed by atoms with E-state index in [1.807, 2.05) is 0 Å². The van der Waals surface area contributed by atoms with Crippen molar-refractivity contribution in [3.63, 3.8) is 0 Å². The van der Waals surface area contributed by atoms with Crippen LogP contribution in [0, 0.1) is 5.92 Å². The Labute approximate surface area is 129 Å². The predicted octanol–water partition coefficient (Wildman–Crippen LogP) is 1.84. The van der Waals surface area contributed by atoms with Gasteiger partial charge in [0.1, 0.15) is 5.60 Å². The van der Waals surface area contributed by atoms with E-state index in [1.54, 1.807) is 6.07 Å². The number of ether oxygens (including phenoxy) is 1. The van der Waals surface area contributed by atoms with E-state index >= 15 is 0 Å². The van der Waals surface area contributed by atoms with Crippen molar-refractivity contribution in [2.24, 2.45) is 5.92 Å². The van der Waals surface area contributed by atoms with Crippen molar-refractivity contribution < 1.29 is 18.8 Å². The van der Waals surface area contributed by atoms with Gasteiger partial charge in [0.2, 0.25) is 5.76 Å². The first kappa shape index (κ1) is 15.2. The number of rotatable bonds is 3. The Morgan fingerprint density at radius 1 is 1.45 bits per heavy atom. The van der Waals surface area contributed by atoms with E-state index in [9.17, 15) is 9.59 Å². The van der Waals surface area contributed by atoms with E-state index in [-0.39, 0.29) is 24.0 Å². The molecule has 1 spiro atoms. The second-order valence-electron chi connectivity index (χ2n) is 6.63. The lowest BCUT2D eigenvalue weighted by molar-refractivity contribution is -0.144. The molecule has 22 heavy (non-hydrogen) atoms. The number of hydrogen-bond donors (Lipinski definition) is 0. The minimum absolute atomic E-state index is 0.00604. The molecule has 0 saturated carbocycles. The summed E-state index contributed by atoms with van der Waals surface area (Å²) in [6.45, 7) is 5.42. The van der Waals surface area contributed by atoms with Gasteiger partial charge >= 0.3 is 0 Å². The molecule has 0 bridgehead atoms. The van der Waals surface area contributed by atoms with Gasteiger partial charge in [0.15, 0.2) is 5.78 Å². The number of ketones is 1. The van der Waals surface area contributed by atoms with E-state index < -0.39 is 5.60 Å². The highest BCUT2D eigenvalue weighted by atomic mass is 16.5. The minimum atomic E-state index is -0.638. The van der Waals surface area contributed by atoms with Gasteiger partial charge in [-0.3, -0.25) is 9.59 Å². The lowest BCUT2D eigenvalue weighted by Gasteiger charge is -2.36. The van der Waals surface area contributed by atoms with Crippen LogP contribution in [0.3, 0.4) is 0 Å². The highest BCUT2D eigenvalue weighted by Crippen LogP contribution is 2.33. The molecule has 0 aromatic carbocycles. The average molecular weight is 306 g/mol. The molecule has 1 aromatic heterocycles. The number of likely N-dealkylation sites (tertiary alicyclic amines) is 1. The molecule has 2 aliphatic rings. The van der Waals surface area contributed by atoms with Crippen molar-refractivity contribution in [3.05, 3.63) is 17.5 Å². The molecular weight excluding hydrogens is 284 g/mol. The maximum absolute atomic E-state index is 12.4. The standard InChI is InChI=1S/C16H22N2O4/c1-11(2)8-12-9-13(22-17-12)15(20)18-6-5-16(14(19)10-18)4-3-7-21-16/h9,11H,3-8,10H2,1-2H3/t16-/m1/s1. The molecule has 0 aliphatic carbocycles. The summed E-state index contributed by atoms with van der Waals surface area (Å²) in [5.41, 5.74) is 0.137. The number of carbonyl (C=O) groups is 2. The zero-order valence-corrected chi connectivity index (χ0v) is 13.1. The lowest BCUT2D eigenvalue weighted by Crippen LogP contribution is -2.53. The van der Waals surface area contributed by atoms with Crippen LogP contribution in [0.15, 0.2) is 10.6 Å². The quantitative estimate of drug-likeness (QED) is 0.852. The van der Waals surface area contributed by atoms with Gasteiger partial charge in [-0.1, -0.05) is 19.0 Å². The SMILES string of the molecule is CC(C)Cc1cc(C(=O)N2CC[C@]3(CCCO3)C(=O)C2)on1. The summed E-state index contributed by atoms with van der Waals surface area (Å²) in [7, 11) is 0. The van der Waals surface area contributed by atoms with Gasteiger partial charge in [-0.25, -0.2) is 0 Å². The number of piperidine rings is 1. The highest BCUT2D eigenvalue weighted by Gasteiger charge is 2.46. The largest absolute Gasteiger partial charge is 0.367 e. The molecule has 0 unspecified atom stereocenters. The predicted molar refractivity (Wildman–Crippen MR) is 78.5 cm³/mol. The van der Waals surface area contributed by atoms with Crippen LogP contribution in [0.4, 0.5) is 0 Å². The van der Waals surface area contributed by atoms with Crippen LogP contribution >= 0.6 is 0 Å². The number of Topliss-reactive ketones (excluding diaryl/α,β-unsaturated/α-hetero) is 1. The van der Waals surface area contributed by atoms with Crippen molar-refractivity contribution >= 4 is 11.7 Å². The van der Waals surface area contributed by atoms with Gasteiger partial charge in [0.25, 0.3) is 5.91 Å². The van der Waals surface area contributed by atoms with Crippen LogP contribution in [0.5, 0.6) is 0 Å². The molecule has 2 aliphatic heterocycles. The first-order valence-electron chi connectivity index (χ1n) is 7.92. The zero-order valence-electron chi connectivity index (χ0n) is 13.1. The van der Waals surface area contributed by atoms with Crippen molar-refractivity contribution in [2.45, 2.75) is 45.1 Å². The third kappa shape index (κ3) is 2.79. The third-order valence-electron chi connectivity index (χ3n) is 4.41. The summed E-state index contributed by atoms with van der Waals surface area (Å²) >= 11 is 0. The van der Waals surface area contributed by atoms with E-state index in [0.29, 0.717) is 25.5 Å². The van der Waals surface area contributed by atoms with Crippen molar-refractivity contribution in [1.82, 2.24) is 10.1 Å². The smallest absolute Gasteiger partial charge is 0.292 e. The van der Waals surface area contributed by atoms with E-state index in [0.717, 1.165) is 25.0 Å². The second kappa shape index (κ2) is 5.83. The molecule has 3 heterocycles. The summed E-state index contributed by atoms with van der Waals surface area (Å²) < 4.78 is 10.8. The van der Waals surface area contributed by atoms with E-state index in [2.05, 4.69) is 19.0 Å². The molecule has 2 fully saturated rings. The summed E-state index contributed by atoms with van der Waals surface area (Å²) in [6, 6.07) is 1.68. The average Bonchev–Trinajstić information content (AvgIpc) is 3.11. The molecule has 120 valence electrons. The Bertz CT molecular complexity index is 572. The fourth-order valence-electron chi connectivity index (χ4n) is 3.22. The fraction of sp³-hybridized carbons (Fsp3) is 0.688. The van der Waals surface area contributed by atoms with Crippen molar-refractivity contribution in [2.75, 3.05) is 19.7 Å². The second-order valence-corrected chi connectivity index (χ2v) is 6.63. The van der Waals surface area contributed by atoms with Gasteiger partial charge in [-0.05, 0) is 25.2 Å². The molecule has 2 saturated heterocycles. The number of aromatic nitrogens is 1. The van der Waals surface area contributed by atoms with Crippen LogP contribution in [0.2, 0.25) is 0 Å². The monoisotopic (exact) mass is 306 g/mol. The first-order valence-corrected chi connectivity index (χ1v) is 7.92. The molecule has 0 radical (unpaired) electrons. The molecular formula is C16H22N2O4. The Hall–Kier alpha value is -1.69. The molecule has 1 atom stereocenters. The Morgan fingerprint density at radius 2 is 2.27 bits per heavy atom. The van der Waals surface area contributed by atoms with Crippen LogP contribution in [-0.2, 0) is 16.0 Å². The topological polar surface area (TPSA) is 72.6 Å². The highest BCUT2D eigenvalue weighted by molar-refractivity contribution is 5.98. The summed E-state index contributed by atoms with van der Waals surface area (Å²) in [6.07, 6.45) is 3.03. The number of hydrogen-bond acceptors (Lipinski definition) is 5. The van der Waals surface area contributed by atoms with Crippen LogP contribution in [-0.4, -0.2) is 47.0 Å². The molecule has 1 aromatic rings. The van der Waals surface area contributed by atoms with Gasteiger partial charge in [-0.2, -0.15) is 0 Å². The first-order chi connectivity index (χ1) is 10.5. The van der Waals surface area contributed by atoms with E-state index in [4.69, 9.17) is 9.26 Å². The zero-order chi connectivity index (χ0) is 15.7. The van der Waals surface area contributed by atoms with Crippen molar-refractivity contribution in [3.8, 4) is 0 Å². The maximum atomic E-state index is 12.4. The summed E-state index contributed by atoms with van der Waals surface area (Å²) in [5.74, 6) is 0.408. The third-order valence-corrected chi connectivity index (χ3v) is 4.41. The molecule has 6 nitrogen and oxygen atoms in total. The Balaban J connectivity index is 1.66. The van der Waals surface area contributed by atoms with Gasteiger partial charge in [0, 0.05) is 25.6 Å². The Morgan fingerprint density at radius 3 is 2.91 bits per heavy atom.